The number of ether oxygens (including phenoxy) is 12. The van der Waals surface area contributed by atoms with Gasteiger partial charge in [-0.05, 0) is 46.5 Å². The molecule has 6 unspecified atom stereocenters. The predicted octanol–water partition coefficient (Wildman–Crippen LogP) is 4.20. The summed E-state index contributed by atoms with van der Waals surface area (Å²) < 4.78 is 58.9. The fraction of sp³-hybridized carbons (Fsp3) is 0.600. The molecule has 6 aliphatic rings. The van der Waals surface area contributed by atoms with E-state index in [0.717, 1.165) is 83.2 Å². The molecule has 0 radical (unpaired) electrons. The molecule has 0 aromatic rings. The Labute approximate surface area is 370 Å². The summed E-state index contributed by atoms with van der Waals surface area (Å²) in [7, 11) is 0. The number of hydrogen-bond donors (Lipinski definition) is 0. The van der Waals surface area contributed by atoms with E-state index in [0.29, 0.717) is 69.6 Å². The third kappa shape index (κ3) is 30.7. The highest BCUT2D eigenvalue weighted by molar-refractivity contribution is 5.87. The minimum Gasteiger partial charge on any atom is -0.460 e. The van der Waals surface area contributed by atoms with Crippen molar-refractivity contribution in [3.05, 3.63) is 74.4 Å². The Morgan fingerprint density at radius 1 is 0.413 bits per heavy atom. The Morgan fingerprint density at radius 2 is 0.651 bits per heavy atom. The predicted molar refractivity (Wildman–Crippen MR) is 227 cm³/mol. The molecule has 0 aromatic carbocycles. The normalized spacial score (nSPS) is 22.5. The minimum atomic E-state index is -0.384. The van der Waals surface area contributed by atoms with E-state index in [1.54, 1.807) is 20.8 Å². The number of carbonyl (C=O) groups excluding carboxylic acids is 6. The van der Waals surface area contributed by atoms with Gasteiger partial charge in [0.1, 0.15) is 51.8 Å². The van der Waals surface area contributed by atoms with Gasteiger partial charge in [-0.2, -0.15) is 0 Å². The van der Waals surface area contributed by atoms with Crippen molar-refractivity contribution in [3.63, 3.8) is 0 Å². The molecule has 63 heavy (non-hydrogen) atoms. The smallest absolute Gasteiger partial charge is 0.333 e. The molecule has 0 N–H and O–H groups in total. The van der Waals surface area contributed by atoms with E-state index in [-0.39, 0.29) is 72.4 Å². The first-order valence-electron chi connectivity index (χ1n) is 20.6. The van der Waals surface area contributed by atoms with Crippen molar-refractivity contribution in [3.8, 4) is 0 Å². The van der Waals surface area contributed by atoms with Crippen LogP contribution in [-0.4, -0.2) is 152 Å². The average Bonchev–Trinajstić information content (AvgIpc) is 4.14. The standard InChI is InChI=1S/C9H14O3.2C8H12O3.2C7H10O3.C6H8O3/c1-7(2)9(10)12-6-8-4-3-5-11-8;1-6(2)8(9)11-5-7-3-4-10-7;1-2-8(9)11-6-7-4-3-5-10-7;1-5(2)7(8)10-4-6-3-9-6;1-2-7(8)10-5-6-3-4-9-6;1-2-6(7)9-4-5-3-8-5/h8H,1,3-6H2,2H3;7H,1,3-5H2,2H3;2,7H,1,3-6H2;6H,1,3-4H2,2H3;2,6H,1,3-5H2;2,5H,1,3-4H2. The van der Waals surface area contributed by atoms with Gasteiger partial charge in [0.05, 0.1) is 37.6 Å². The van der Waals surface area contributed by atoms with Gasteiger partial charge in [-0.1, -0.05) is 39.5 Å². The fourth-order valence-corrected chi connectivity index (χ4v) is 4.29. The Kier molecular flexibility index (Phi) is 29.9. The second-order valence-electron chi connectivity index (χ2n) is 14.4. The molecular weight excluding hydrogens is 828 g/mol. The first-order chi connectivity index (χ1) is 30.1. The molecule has 0 amide bonds. The quantitative estimate of drug-likeness (QED) is 0.0815. The molecule has 0 saturated carbocycles. The van der Waals surface area contributed by atoms with Crippen LogP contribution >= 0.6 is 0 Å². The summed E-state index contributed by atoms with van der Waals surface area (Å²) >= 11 is 0. The van der Waals surface area contributed by atoms with Crippen LogP contribution in [0.2, 0.25) is 0 Å². The molecule has 0 aliphatic carbocycles. The van der Waals surface area contributed by atoms with Gasteiger partial charge in [0.25, 0.3) is 0 Å². The summed E-state index contributed by atoms with van der Waals surface area (Å²) in [5.41, 5.74) is 1.30. The Bertz CT molecular complexity index is 1490. The van der Waals surface area contributed by atoms with E-state index in [1.807, 2.05) is 0 Å². The van der Waals surface area contributed by atoms with Crippen LogP contribution in [0, 0.1) is 0 Å². The van der Waals surface area contributed by atoms with Crippen LogP contribution in [0.15, 0.2) is 74.4 Å². The summed E-state index contributed by atoms with van der Waals surface area (Å²) in [6.07, 6.45) is 10.3. The summed E-state index contributed by atoms with van der Waals surface area (Å²) in [5, 5.41) is 0. The monoisotopic (exact) mass is 894 g/mol. The fourth-order valence-electron chi connectivity index (χ4n) is 4.29. The summed E-state index contributed by atoms with van der Waals surface area (Å²) in [6.45, 7) is 31.8. The Morgan fingerprint density at radius 3 is 0.857 bits per heavy atom. The molecule has 6 atom stereocenters. The van der Waals surface area contributed by atoms with E-state index < -0.39 is 0 Å². The van der Waals surface area contributed by atoms with Crippen molar-refractivity contribution < 1.29 is 85.6 Å². The first kappa shape index (κ1) is 56.0. The number of esters is 6. The third-order valence-corrected chi connectivity index (χ3v) is 8.42. The van der Waals surface area contributed by atoms with Crippen molar-refractivity contribution in [2.45, 2.75) is 95.9 Å². The van der Waals surface area contributed by atoms with Crippen LogP contribution in [0.4, 0.5) is 0 Å². The van der Waals surface area contributed by atoms with Gasteiger partial charge in [0, 0.05) is 74.2 Å². The maximum absolute atomic E-state index is 10.9. The minimum absolute atomic E-state index is 0.105. The molecule has 0 bridgehead atoms. The van der Waals surface area contributed by atoms with Gasteiger partial charge in [0.2, 0.25) is 0 Å². The van der Waals surface area contributed by atoms with Crippen LogP contribution in [0.3, 0.4) is 0 Å². The molecule has 6 aliphatic heterocycles. The van der Waals surface area contributed by atoms with Crippen molar-refractivity contribution in [1.29, 1.82) is 0 Å². The number of carbonyl (C=O) groups is 6. The molecular formula is C45H66O18. The number of hydrogen-bond acceptors (Lipinski definition) is 18. The lowest BCUT2D eigenvalue weighted by molar-refractivity contribution is -0.150. The highest BCUT2D eigenvalue weighted by Gasteiger charge is 2.25. The first-order valence-corrected chi connectivity index (χ1v) is 20.6. The zero-order valence-electron chi connectivity index (χ0n) is 37.0. The van der Waals surface area contributed by atoms with Crippen LogP contribution < -0.4 is 0 Å². The highest BCUT2D eigenvalue weighted by Crippen LogP contribution is 2.14. The molecule has 354 valence electrons. The molecule has 18 heteroatoms. The van der Waals surface area contributed by atoms with Crippen molar-refractivity contribution in [2.24, 2.45) is 0 Å². The van der Waals surface area contributed by atoms with Gasteiger partial charge in [0.15, 0.2) is 0 Å². The largest absolute Gasteiger partial charge is 0.460 e. The van der Waals surface area contributed by atoms with E-state index in [4.69, 9.17) is 52.1 Å². The summed E-state index contributed by atoms with van der Waals surface area (Å²) in [6, 6.07) is 0. The lowest BCUT2D eigenvalue weighted by Crippen LogP contribution is -2.32. The molecule has 0 aromatic heterocycles. The molecule has 6 saturated heterocycles. The molecule has 18 nitrogen and oxygen atoms in total. The molecule has 0 spiro atoms. The summed E-state index contributed by atoms with van der Waals surface area (Å²) in [4.78, 5) is 63.8. The van der Waals surface area contributed by atoms with Crippen LogP contribution in [0.1, 0.15) is 59.3 Å². The topological polar surface area (TPSA) is 220 Å². The maximum Gasteiger partial charge on any atom is 0.333 e. The van der Waals surface area contributed by atoms with E-state index >= 15 is 0 Å². The molecule has 6 fully saturated rings. The van der Waals surface area contributed by atoms with Gasteiger partial charge in [-0.15, -0.1) is 0 Å². The Hall–Kier alpha value is -4.98. The van der Waals surface area contributed by atoms with E-state index in [2.05, 4.69) is 44.2 Å². The van der Waals surface area contributed by atoms with Crippen molar-refractivity contribution in [2.75, 3.05) is 79.3 Å². The zero-order chi connectivity index (χ0) is 47.0. The lowest BCUT2D eigenvalue weighted by atomic mass is 10.2. The van der Waals surface area contributed by atoms with Gasteiger partial charge in [-0.3, -0.25) is 0 Å². The average molecular weight is 895 g/mol. The second kappa shape index (κ2) is 33.6. The number of epoxide rings is 2. The van der Waals surface area contributed by atoms with Crippen LogP contribution in [-0.2, 0) is 85.6 Å². The van der Waals surface area contributed by atoms with Crippen molar-refractivity contribution >= 4 is 35.8 Å². The number of rotatable bonds is 18. The SMILES string of the molecule is C=C(C)C(=O)OCC1CCCO1.C=C(C)C(=O)OCC1CCO1.C=C(C)C(=O)OCC1CO1.C=CC(=O)OCC1CCCO1.C=CC(=O)OCC1CCO1.C=CC(=O)OCC1CO1. The van der Waals surface area contributed by atoms with Gasteiger partial charge < -0.3 is 56.8 Å². The summed E-state index contributed by atoms with van der Waals surface area (Å²) in [5.74, 6) is -2.14. The van der Waals surface area contributed by atoms with E-state index in [1.165, 1.54) is 0 Å². The molecule has 6 heterocycles. The second-order valence-corrected chi connectivity index (χ2v) is 14.4. The van der Waals surface area contributed by atoms with Gasteiger partial charge >= 0.3 is 35.8 Å². The lowest BCUT2D eigenvalue weighted by Gasteiger charge is -2.25. The van der Waals surface area contributed by atoms with Crippen molar-refractivity contribution in [1.82, 2.24) is 0 Å². The zero-order valence-corrected chi connectivity index (χ0v) is 37.0. The molecule has 6 rings (SSSR count). The third-order valence-electron chi connectivity index (χ3n) is 8.42. The van der Waals surface area contributed by atoms with E-state index in [9.17, 15) is 28.8 Å². The Balaban J connectivity index is 0.000000379. The van der Waals surface area contributed by atoms with Crippen LogP contribution in [0.5, 0.6) is 0 Å². The van der Waals surface area contributed by atoms with Gasteiger partial charge in [-0.25, -0.2) is 28.8 Å². The van der Waals surface area contributed by atoms with Crippen LogP contribution in [0.25, 0.3) is 0 Å². The highest BCUT2D eigenvalue weighted by atomic mass is 16.6. The maximum atomic E-state index is 10.9.